The Kier molecular flexibility index (Phi) is 10.2. The highest BCUT2D eigenvalue weighted by atomic mass is 16.6. The van der Waals surface area contributed by atoms with Crippen LogP contribution < -0.4 is 16.0 Å². The first-order valence-electron chi connectivity index (χ1n) is 15.2. The Bertz CT molecular complexity index is 973. The minimum atomic E-state index is -0.665. The van der Waals surface area contributed by atoms with Gasteiger partial charge in [0, 0.05) is 26.6 Å². The van der Waals surface area contributed by atoms with Crippen LogP contribution in [0.2, 0.25) is 0 Å². The zero-order valence-electron chi connectivity index (χ0n) is 25.3. The Labute approximate surface area is 243 Å². The molecule has 0 aromatic rings. The molecule has 6 atom stereocenters. The normalized spacial score (nSPS) is 33.0. The SMILES string of the molecule is CCC(=O)NCCCNC(=O)OCC1(NC(=O)OC2CC[C@]3(CO3)C([C@]3(C)O[C@@H]3CC=C(C)C)C2OC)CCCC1. The minimum absolute atomic E-state index is 0.0200. The molecule has 2 saturated carbocycles. The zero-order chi connectivity index (χ0) is 29.7. The average molecular weight is 580 g/mol. The number of amides is 3. The third-order valence-electron chi connectivity index (χ3n) is 9.17. The van der Waals surface area contributed by atoms with Crippen LogP contribution in [-0.2, 0) is 28.5 Å². The van der Waals surface area contributed by atoms with Crippen LogP contribution in [0, 0.1) is 5.92 Å². The molecule has 2 saturated heterocycles. The van der Waals surface area contributed by atoms with Crippen molar-refractivity contribution in [2.75, 3.05) is 33.4 Å². The Morgan fingerprint density at radius 1 is 1.05 bits per heavy atom. The maximum Gasteiger partial charge on any atom is 0.408 e. The number of epoxide rings is 2. The standard InChI is InChI=1S/C30H49N3O8/c1-6-23(34)31-16-9-17-32-26(35)38-18-29(13-7-8-14-29)33-27(36)40-21-12-15-30(19-39-30)25(24(21)37-5)28(4)22(41-28)11-10-20(2)3/h10,21-22,24-25H,6-9,11-19H2,1-5H3,(H,31,34)(H,32,35)(H,33,36)/t21?,22-,24?,25?,28-,30+/m1/s1. The molecular weight excluding hydrogens is 530 g/mol. The van der Waals surface area contributed by atoms with Gasteiger partial charge in [0.25, 0.3) is 0 Å². The van der Waals surface area contributed by atoms with Crippen molar-refractivity contribution in [3.63, 3.8) is 0 Å². The van der Waals surface area contributed by atoms with Crippen LogP contribution in [-0.4, -0.2) is 86.6 Å². The van der Waals surface area contributed by atoms with Gasteiger partial charge in [0.1, 0.15) is 30.0 Å². The minimum Gasteiger partial charge on any atom is -0.447 e. The van der Waals surface area contributed by atoms with E-state index < -0.39 is 29.4 Å². The van der Waals surface area contributed by atoms with E-state index in [0.29, 0.717) is 51.8 Å². The van der Waals surface area contributed by atoms with Crippen molar-refractivity contribution < 1.29 is 38.1 Å². The fraction of sp³-hybridized carbons (Fsp3) is 0.833. The summed E-state index contributed by atoms with van der Waals surface area (Å²) in [6.07, 6.45) is 6.95. The first-order valence-corrected chi connectivity index (χ1v) is 15.2. The number of carbonyl (C=O) groups excluding carboxylic acids is 3. The summed E-state index contributed by atoms with van der Waals surface area (Å²) in [5, 5.41) is 8.51. The van der Waals surface area contributed by atoms with Gasteiger partial charge in [0.05, 0.1) is 24.2 Å². The Morgan fingerprint density at radius 2 is 1.76 bits per heavy atom. The van der Waals surface area contributed by atoms with Crippen molar-refractivity contribution in [3.05, 3.63) is 11.6 Å². The molecule has 2 aliphatic carbocycles. The van der Waals surface area contributed by atoms with E-state index in [2.05, 4.69) is 42.8 Å². The van der Waals surface area contributed by atoms with Gasteiger partial charge < -0.3 is 39.6 Å². The van der Waals surface area contributed by atoms with Crippen molar-refractivity contribution >= 4 is 18.1 Å². The lowest BCUT2D eigenvalue weighted by atomic mass is 9.68. The third kappa shape index (κ3) is 7.73. The maximum atomic E-state index is 13.2. The van der Waals surface area contributed by atoms with Crippen LogP contribution in [0.15, 0.2) is 11.6 Å². The van der Waals surface area contributed by atoms with Gasteiger partial charge in [-0.2, -0.15) is 0 Å². The molecule has 11 nitrogen and oxygen atoms in total. The van der Waals surface area contributed by atoms with Crippen LogP contribution >= 0.6 is 0 Å². The summed E-state index contributed by atoms with van der Waals surface area (Å²) in [4.78, 5) is 36.8. The molecule has 0 aromatic carbocycles. The molecule has 3 N–H and O–H groups in total. The highest BCUT2D eigenvalue weighted by Crippen LogP contribution is 2.59. The number of allylic oxidation sites excluding steroid dienone is 1. The molecule has 4 fully saturated rings. The topological polar surface area (TPSA) is 140 Å². The lowest BCUT2D eigenvalue weighted by molar-refractivity contribution is -0.120. The molecule has 2 heterocycles. The van der Waals surface area contributed by atoms with Gasteiger partial charge in [-0.3, -0.25) is 4.79 Å². The number of nitrogens with one attached hydrogen (secondary N) is 3. The van der Waals surface area contributed by atoms with E-state index in [1.54, 1.807) is 14.0 Å². The number of alkyl carbamates (subject to hydrolysis) is 2. The fourth-order valence-electron chi connectivity index (χ4n) is 6.70. The van der Waals surface area contributed by atoms with Crippen LogP contribution in [0.3, 0.4) is 0 Å². The number of methoxy groups -OCH3 is 1. The van der Waals surface area contributed by atoms with Crippen molar-refractivity contribution in [2.45, 2.75) is 121 Å². The van der Waals surface area contributed by atoms with E-state index in [-0.39, 0.29) is 36.2 Å². The number of carbonyl (C=O) groups is 3. The first-order chi connectivity index (χ1) is 19.6. The molecule has 4 rings (SSSR count). The molecule has 4 aliphatic rings. The first kappa shape index (κ1) is 31.6. The summed E-state index contributed by atoms with van der Waals surface area (Å²) in [6.45, 7) is 9.68. The number of rotatable bonds is 13. The lowest BCUT2D eigenvalue weighted by Gasteiger charge is -2.43. The summed E-state index contributed by atoms with van der Waals surface area (Å²) in [6, 6.07) is 0. The molecule has 232 valence electrons. The van der Waals surface area contributed by atoms with Crippen molar-refractivity contribution in [1.29, 1.82) is 0 Å². The molecule has 3 amide bonds. The van der Waals surface area contributed by atoms with Gasteiger partial charge >= 0.3 is 12.2 Å². The lowest BCUT2D eigenvalue weighted by Crippen LogP contribution is -2.57. The van der Waals surface area contributed by atoms with E-state index in [0.717, 1.165) is 25.7 Å². The highest BCUT2D eigenvalue weighted by molar-refractivity contribution is 5.75. The second kappa shape index (κ2) is 13.3. The number of hydrogen-bond acceptors (Lipinski definition) is 8. The molecule has 1 spiro atoms. The predicted octanol–water partition coefficient (Wildman–Crippen LogP) is 3.74. The van der Waals surface area contributed by atoms with Gasteiger partial charge in [0.2, 0.25) is 5.91 Å². The summed E-state index contributed by atoms with van der Waals surface area (Å²) >= 11 is 0. The van der Waals surface area contributed by atoms with E-state index in [9.17, 15) is 14.4 Å². The summed E-state index contributed by atoms with van der Waals surface area (Å²) in [5.41, 5.74) is -0.107. The largest absolute Gasteiger partial charge is 0.447 e. The third-order valence-corrected chi connectivity index (χ3v) is 9.17. The molecular formula is C30H49N3O8. The second-order valence-electron chi connectivity index (χ2n) is 12.5. The molecule has 0 aromatic heterocycles. The highest BCUT2D eigenvalue weighted by Gasteiger charge is 2.72. The summed E-state index contributed by atoms with van der Waals surface area (Å²) < 4.78 is 29.8. The van der Waals surface area contributed by atoms with Gasteiger partial charge in [-0.15, -0.1) is 0 Å². The van der Waals surface area contributed by atoms with E-state index in [1.165, 1.54) is 5.57 Å². The summed E-state index contributed by atoms with van der Waals surface area (Å²) in [7, 11) is 1.66. The molecule has 0 bridgehead atoms. The number of hydrogen-bond donors (Lipinski definition) is 3. The Balaban J connectivity index is 1.29. The zero-order valence-corrected chi connectivity index (χ0v) is 25.3. The van der Waals surface area contributed by atoms with E-state index in [1.807, 2.05) is 0 Å². The van der Waals surface area contributed by atoms with Gasteiger partial charge in [-0.1, -0.05) is 31.4 Å². The molecule has 41 heavy (non-hydrogen) atoms. The maximum absolute atomic E-state index is 13.2. The van der Waals surface area contributed by atoms with Crippen LogP contribution in [0.25, 0.3) is 0 Å². The van der Waals surface area contributed by atoms with E-state index >= 15 is 0 Å². The van der Waals surface area contributed by atoms with Crippen LogP contribution in [0.1, 0.15) is 85.5 Å². The average Bonchev–Trinajstić information content (AvgIpc) is 3.80. The fourth-order valence-corrected chi connectivity index (χ4v) is 6.70. The van der Waals surface area contributed by atoms with Crippen LogP contribution in [0.5, 0.6) is 0 Å². The van der Waals surface area contributed by atoms with Gasteiger partial charge in [0.15, 0.2) is 0 Å². The van der Waals surface area contributed by atoms with Crippen molar-refractivity contribution in [1.82, 2.24) is 16.0 Å². The monoisotopic (exact) mass is 579 g/mol. The smallest absolute Gasteiger partial charge is 0.408 e. The van der Waals surface area contributed by atoms with Gasteiger partial charge in [-0.25, -0.2) is 9.59 Å². The molecule has 11 heteroatoms. The number of ether oxygens (including phenoxy) is 5. The predicted molar refractivity (Wildman–Crippen MR) is 151 cm³/mol. The molecule has 3 unspecified atom stereocenters. The van der Waals surface area contributed by atoms with Crippen molar-refractivity contribution in [2.24, 2.45) is 5.92 Å². The van der Waals surface area contributed by atoms with Crippen molar-refractivity contribution in [3.8, 4) is 0 Å². The van der Waals surface area contributed by atoms with Crippen LogP contribution in [0.4, 0.5) is 9.59 Å². The quantitative estimate of drug-likeness (QED) is 0.170. The van der Waals surface area contributed by atoms with E-state index in [4.69, 9.17) is 23.7 Å². The van der Waals surface area contributed by atoms with Gasteiger partial charge in [-0.05, 0) is 59.3 Å². The Hall–Kier alpha value is -2.37. The molecule has 2 aliphatic heterocycles. The Morgan fingerprint density at radius 3 is 2.39 bits per heavy atom. The second-order valence-corrected chi connectivity index (χ2v) is 12.5. The molecule has 0 radical (unpaired) electrons. The summed E-state index contributed by atoms with van der Waals surface area (Å²) in [5.74, 6) is -0.0710.